The van der Waals surface area contributed by atoms with Gasteiger partial charge < -0.3 is 19.2 Å². The minimum absolute atomic E-state index is 0.0655. The van der Waals surface area contributed by atoms with Crippen LogP contribution in [0.1, 0.15) is 53.5 Å². The molecule has 34 heavy (non-hydrogen) atoms. The highest BCUT2D eigenvalue weighted by atomic mass is 19.3. The molecule has 0 radical (unpaired) electrons. The van der Waals surface area contributed by atoms with Gasteiger partial charge in [0, 0.05) is 25.5 Å². The first-order valence-electron chi connectivity index (χ1n) is 11.1. The van der Waals surface area contributed by atoms with E-state index in [2.05, 4.69) is 10.3 Å². The van der Waals surface area contributed by atoms with Crippen LogP contribution in [0.15, 0.2) is 52.9 Å². The Bertz CT molecular complexity index is 1140. The molecule has 0 unspecified atom stereocenters. The predicted molar refractivity (Wildman–Crippen MR) is 120 cm³/mol. The second-order valence-electron chi connectivity index (χ2n) is 8.47. The number of Topliss-reactive ketones (excluding diaryl/α,β-unsaturated/α-hetero) is 1. The van der Waals surface area contributed by atoms with Crippen LogP contribution in [0.5, 0.6) is 0 Å². The minimum Gasteiger partial charge on any atom is -0.445 e. The van der Waals surface area contributed by atoms with Crippen LogP contribution >= 0.6 is 0 Å². The van der Waals surface area contributed by atoms with Crippen molar-refractivity contribution in [3.8, 4) is 0 Å². The van der Waals surface area contributed by atoms with Gasteiger partial charge in [-0.05, 0) is 42.5 Å². The van der Waals surface area contributed by atoms with Crippen LogP contribution in [0.25, 0.3) is 11.1 Å². The Labute approximate surface area is 195 Å². The van der Waals surface area contributed by atoms with E-state index < -0.39 is 18.1 Å². The smallest absolute Gasteiger partial charge is 0.408 e. The molecule has 1 amide bonds. The van der Waals surface area contributed by atoms with Crippen LogP contribution in [-0.4, -0.2) is 36.5 Å². The average molecular weight is 472 g/mol. The second-order valence-corrected chi connectivity index (χ2v) is 8.47. The molecule has 2 aromatic carbocycles. The molecule has 7 nitrogen and oxygen atoms in total. The summed E-state index contributed by atoms with van der Waals surface area (Å²) in [6, 6.07) is 13.3. The van der Waals surface area contributed by atoms with Crippen molar-refractivity contribution in [2.75, 3.05) is 13.7 Å². The van der Waals surface area contributed by atoms with Gasteiger partial charge in [-0.3, -0.25) is 4.79 Å². The van der Waals surface area contributed by atoms with Crippen LogP contribution in [0.2, 0.25) is 0 Å². The van der Waals surface area contributed by atoms with Gasteiger partial charge in [0.05, 0.1) is 0 Å². The molecule has 1 saturated carbocycles. The van der Waals surface area contributed by atoms with E-state index in [0.717, 1.165) is 5.56 Å². The Balaban J connectivity index is 1.55. The summed E-state index contributed by atoms with van der Waals surface area (Å²) >= 11 is 0. The van der Waals surface area contributed by atoms with Crippen molar-refractivity contribution in [1.29, 1.82) is 0 Å². The molecular weight excluding hydrogens is 446 g/mol. The highest BCUT2D eigenvalue weighted by Crippen LogP contribution is 2.41. The summed E-state index contributed by atoms with van der Waals surface area (Å²) in [5, 5.41) is 2.77. The molecule has 1 aromatic heterocycles. The molecule has 1 heterocycles. The van der Waals surface area contributed by atoms with Crippen LogP contribution in [0, 0.1) is 5.92 Å². The summed E-state index contributed by atoms with van der Waals surface area (Å²) in [6.07, 6.45) is -0.834. The predicted octanol–water partition coefficient (Wildman–Crippen LogP) is 5.45. The Morgan fingerprint density at radius 3 is 2.62 bits per heavy atom. The van der Waals surface area contributed by atoms with Gasteiger partial charge in [0.2, 0.25) is 11.8 Å². The Kier molecular flexibility index (Phi) is 7.21. The number of hydrogen-bond acceptors (Lipinski definition) is 6. The van der Waals surface area contributed by atoms with Crippen molar-refractivity contribution in [2.45, 2.75) is 44.3 Å². The molecule has 1 N–H and O–H groups in total. The monoisotopic (exact) mass is 472 g/mol. The van der Waals surface area contributed by atoms with E-state index in [1.54, 1.807) is 18.2 Å². The number of rotatable bonds is 8. The summed E-state index contributed by atoms with van der Waals surface area (Å²) < 4.78 is 43.7. The van der Waals surface area contributed by atoms with E-state index in [0.29, 0.717) is 16.7 Å². The van der Waals surface area contributed by atoms with Gasteiger partial charge in [-0.15, -0.1) is 0 Å². The number of ketones is 1. The van der Waals surface area contributed by atoms with E-state index in [-0.39, 0.29) is 56.5 Å². The van der Waals surface area contributed by atoms with Crippen molar-refractivity contribution >= 4 is 23.0 Å². The number of nitrogens with one attached hydrogen (secondary N) is 1. The highest BCUT2D eigenvalue weighted by Gasteiger charge is 2.40. The molecule has 0 saturated heterocycles. The van der Waals surface area contributed by atoms with Crippen molar-refractivity contribution in [2.24, 2.45) is 5.92 Å². The number of oxazole rings is 1. The van der Waals surface area contributed by atoms with Gasteiger partial charge in [0.1, 0.15) is 24.8 Å². The Morgan fingerprint density at radius 1 is 1.18 bits per heavy atom. The molecule has 3 aromatic rings. The third-order valence-corrected chi connectivity index (χ3v) is 5.99. The summed E-state index contributed by atoms with van der Waals surface area (Å²) in [6.45, 7) is 0.00456. The van der Waals surface area contributed by atoms with Gasteiger partial charge in [0.25, 0.3) is 0 Å². The summed E-state index contributed by atoms with van der Waals surface area (Å²) in [5.74, 6) is -3.03. The van der Waals surface area contributed by atoms with Crippen molar-refractivity contribution in [3.05, 3.63) is 65.5 Å². The second kappa shape index (κ2) is 10.3. The zero-order valence-corrected chi connectivity index (χ0v) is 18.8. The number of halogens is 2. The number of alkyl carbamates (subject to hydrolysis) is 1. The van der Waals surface area contributed by atoms with Crippen LogP contribution in [-0.2, 0) is 16.1 Å². The number of aromatic nitrogens is 1. The van der Waals surface area contributed by atoms with Gasteiger partial charge >= 0.3 is 6.09 Å². The maximum Gasteiger partial charge on any atom is 0.408 e. The number of benzene rings is 2. The van der Waals surface area contributed by atoms with Gasteiger partial charge in [-0.1, -0.05) is 30.3 Å². The number of nitrogens with zero attached hydrogens (tertiary/aromatic N) is 1. The molecule has 0 spiro atoms. The zero-order valence-electron chi connectivity index (χ0n) is 18.8. The van der Waals surface area contributed by atoms with Crippen molar-refractivity contribution in [3.63, 3.8) is 0 Å². The zero-order chi connectivity index (χ0) is 24.1. The number of hydrogen-bond donors (Lipinski definition) is 1. The van der Waals surface area contributed by atoms with E-state index in [9.17, 15) is 18.4 Å². The fourth-order valence-corrected chi connectivity index (χ4v) is 4.13. The first-order valence-corrected chi connectivity index (χ1v) is 11.1. The molecular formula is C25H26F2N2O5. The largest absolute Gasteiger partial charge is 0.445 e. The highest BCUT2D eigenvalue weighted by molar-refractivity contribution is 5.99. The number of carbonyl (C=O) groups excluding carboxylic acids is 2. The summed E-state index contributed by atoms with van der Waals surface area (Å²) in [4.78, 5) is 29.2. The van der Waals surface area contributed by atoms with Crippen LogP contribution in [0.3, 0.4) is 0 Å². The van der Waals surface area contributed by atoms with Crippen molar-refractivity contribution in [1.82, 2.24) is 10.3 Å². The number of alkyl halides is 2. The minimum atomic E-state index is -2.72. The van der Waals surface area contributed by atoms with E-state index >= 15 is 0 Å². The molecule has 180 valence electrons. The van der Waals surface area contributed by atoms with Gasteiger partial charge in [-0.25, -0.2) is 18.6 Å². The lowest BCUT2D eigenvalue weighted by Gasteiger charge is -2.32. The van der Waals surface area contributed by atoms with E-state index in [1.165, 1.54) is 7.11 Å². The first kappa shape index (κ1) is 23.8. The molecule has 4 rings (SSSR count). The normalized spacial score (nSPS) is 16.8. The Hall–Kier alpha value is -3.33. The molecule has 1 fully saturated rings. The summed E-state index contributed by atoms with van der Waals surface area (Å²) in [5.41, 5.74) is 2.09. The molecule has 9 heteroatoms. The fourth-order valence-electron chi connectivity index (χ4n) is 4.13. The SMILES string of the molecule is COCC(=O)c1ccc2oc([C@H](NC(=O)OCc3ccccc3)C3CCC(F)(F)CC3)nc2c1. The van der Waals surface area contributed by atoms with Crippen LogP contribution in [0.4, 0.5) is 13.6 Å². The lowest BCUT2D eigenvalue weighted by Crippen LogP contribution is -2.37. The molecule has 1 aliphatic carbocycles. The standard InChI is InChI=1S/C25H26F2N2O5/c1-32-15-20(30)18-7-8-21-19(13-18)28-23(34-21)22(17-9-11-25(26,27)12-10-17)29-24(31)33-14-16-5-3-2-4-6-16/h2-8,13,17,22H,9-12,14-15H2,1H3,(H,29,31)/t22-/m1/s1. The summed E-state index contributed by atoms with van der Waals surface area (Å²) in [7, 11) is 1.44. The molecule has 1 aliphatic rings. The quantitative estimate of drug-likeness (QED) is 0.439. The van der Waals surface area contributed by atoms with Gasteiger partial charge in [0.15, 0.2) is 11.4 Å². The van der Waals surface area contributed by atoms with Crippen molar-refractivity contribution < 1.29 is 32.3 Å². The Morgan fingerprint density at radius 2 is 1.91 bits per heavy atom. The third kappa shape index (κ3) is 5.77. The fraction of sp³-hybridized carbons (Fsp3) is 0.400. The maximum absolute atomic E-state index is 13.8. The number of ether oxygens (including phenoxy) is 2. The molecule has 0 aliphatic heterocycles. The van der Waals surface area contributed by atoms with E-state index in [4.69, 9.17) is 13.9 Å². The third-order valence-electron chi connectivity index (χ3n) is 5.99. The lowest BCUT2D eigenvalue weighted by atomic mass is 9.82. The van der Waals surface area contributed by atoms with Crippen LogP contribution < -0.4 is 5.32 Å². The number of carbonyl (C=O) groups is 2. The maximum atomic E-state index is 13.8. The molecule has 1 atom stereocenters. The number of amides is 1. The number of methoxy groups -OCH3 is 1. The molecule has 0 bridgehead atoms. The first-order chi connectivity index (χ1) is 16.3. The lowest BCUT2D eigenvalue weighted by molar-refractivity contribution is -0.0505. The van der Waals surface area contributed by atoms with Gasteiger partial charge in [-0.2, -0.15) is 0 Å². The topological polar surface area (TPSA) is 90.7 Å². The average Bonchev–Trinajstić information content (AvgIpc) is 3.25. The number of fused-ring (bicyclic) bond motifs is 1. The van der Waals surface area contributed by atoms with E-state index in [1.807, 2.05) is 30.3 Å².